The number of hydrogen-bond donors (Lipinski definition) is 1. The molecule has 2 aromatic rings. The second-order valence-corrected chi connectivity index (χ2v) is 8.31. The predicted molar refractivity (Wildman–Crippen MR) is 109 cm³/mol. The van der Waals surface area contributed by atoms with Crippen molar-refractivity contribution < 1.29 is 4.74 Å². The van der Waals surface area contributed by atoms with Crippen LogP contribution < -0.4 is 9.46 Å². The normalized spacial score (nSPS) is 20.2. The first kappa shape index (κ1) is 18.4. The van der Waals surface area contributed by atoms with E-state index < -0.39 is 0 Å². The Morgan fingerprint density at radius 1 is 1.15 bits per heavy atom. The summed E-state index contributed by atoms with van der Waals surface area (Å²) in [7, 11) is 0. The van der Waals surface area contributed by atoms with Gasteiger partial charge in [-0.15, -0.1) is 0 Å². The van der Waals surface area contributed by atoms with Crippen molar-refractivity contribution in [3.8, 4) is 11.8 Å². The molecule has 1 N–H and O–H groups in total. The van der Waals surface area contributed by atoms with E-state index in [1.807, 2.05) is 24.3 Å². The van der Waals surface area contributed by atoms with Crippen molar-refractivity contribution in [2.75, 3.05) is 13.1 Å². The summed E-state index contributed by atoms with van der Waals surface area (Å²) in [6.07, 6.45) is 5.28. The topological polar surface area (TPSA) is 48.3 Å². The highest BCUT2D eigenvalue weighted by molar-refractivity contribution is 7.97. The standard InChI is InChI=1S/C22H25N3OS/c23-14-18-3-1-6-22(13-18)27-24-19-11-12-25(16-19)15-17-7-9-21(10-8-17)26-20-4-2-5-20/h1,3,6-10,13,19-20,24H,2,4-5,11-12,15-16H2. The number of nitrogens with one attached hydrogen (secondary N) is 1. The molecule has 1 heterocycles. The maximum Gasteiger partial charge on any atom is 0.119 e. The average Bonchev–Trinajstić information content (AvgIpc) is 3.12. The number of ether oxygens (including phenoxy) is 1. The largest absolute Gasteiger partial charge is 0.490 e. The summed E-state index contributed by atoms with van der Waals surface area (Å²) in [4.78, 5) is 3.58. The molecule has 1 unspecified atom stereocenters. The van der Waals surface area contributed by atoms with E-state index in [1.165, 1.54) is 24.8 Å². The van der Waals surface area contributed by atoms with Gasteiger partial charge in [0, 0.05) is 30.6 Å². The van der Waals surface area contributed by atoms with Gasteiger partial charge in [0.15, 0.2) is 0 Å². The Morgan fingerprint density at radius 3 is 2.74 bits per heavy atom. The summed E-state index contributed by atoms with van der Waals surface area (Å²) < 4.78 is 9.49. The van der Waals surface area contributed by atoms with Crippen molar-refractivity contribution in [3.05, 3.63) is 59.7 Å². The van der Waals surface area contributed by atoms with E-state index >= 15 is 0 Å². The van der Waals surface area contributed by atoms with E-state index in [1.54, 1.807) is 11.9 Å². The molecule has 1 saturated heterocycles. The fraction of sp³-hybridized carbons (Fsp3) is 0.409. The Balaban J connectivity index is 1.22. The van der Waals surface area contributed by atoms with E-state index in [0.717, 1.165) is 36.7 Å². The zero-order chi connectivity index (χ0) is 18.5. The van der Waals surface area contributed by atoms with Gasteiger partial charge in [0.1, 0.15) is 5.75 Å². The molecule has 1 aliphatic heterocycles. The van der Waals surface area contributed by atoms with E-state index in [-0.39, 0.29) is 0 Å². The zero-order valence-corrected chi connectivity index (χ0v) is 16.3. The highest BCUT2D eigenvalue weighted by atomic mass is 32.2. The molecule has 140 valence electrons. The lowest BCUT2D eigenvalue weighted by molar-refractivity contribution is 0.120. The van der Waals surface area contributed by atoms with Gasteiger partial charge in [0.05, 0.1) is 17.7 Å². The smallest absolute Gasteiger partial charge is 0.119 e. The van der Waals surface area contributed by atoms with Crippen molar-refractivity contribution in [2.24, 2.45) is 0 Å². The molecular weight excluding hydrogens is 354 g/mol. The second kappa shape index (κ2) is 8.79. The Hall–Kier alpha value is -2.00. The summed E-state index contributed by atoms with van der Waals surface area (Å²) in [5.41, 5.74) is 2.05. The summed E-state index contributed by atoms with van der Waals surface area (Å²) in [5.74, 6) is 1.00. The van der Waals surface area contributed by atoms with Crippen molar-refractivity contribution >= 4 is 11.9 Å². The number of hydrogen-bond acceptors (Lipinski definition) is 5. The van der Waals surface area contributed by atoms with Gasteiger partial charge >= 0.3 is 0 Å². The third-order valence-corrected chi connectivity index (χ3v) is 6.20. The zero-order valence-electron chi connectivity index (χ0n) is 15.4. The number of likely N-dealkylation sites (tertiary alicyclic amines) is 1. The number of rotatable bonds is 7. The molecule has 1 saturated carbocycles. The molecule has 2 fully saturated rings. The van der Waals surface area contributed by atoms with Crippen LogP contribution in [0.2, 0.25) is 0 Å². The summed E-state index contributed by atoms with van der Waals surface area (Å²) >= 11 is 1.63. The SMILES string of the molecule is N#Cc1cccc(SNC2CCN(Cc3ccc(OC4CCC4)cc3)C2)c1. The number of nitriles is 1. The highest BCUT2D eigenvalue weighted by Gasteiger charge is 2.22. The molecule has 4 nitrogen and oxygen atoms in total. The minimum Gasteiger partial charge on any atom is -0.490 e. The van der Waals surface area contributed by atoms with Crippen LogP contribution in [0.4, 0.5) is 0 Å². The summed E-state index contributed by atoms with van der Waals surface area (Å²) in [6.45, 7) is 3.14. The van der Waals surface area contributed by atoms with Crippen LogP contribution in [0.25, 0.3) is 0 Å². The molecule has 0 bridgehead atoms. The second-order valence-electron chi connectivity index (χ2n) is 7.39. The molecule has 5 heteroatoms. The van der Waals surface area contributed by atoms with Crippen molar-refractivity contribution in [1.29, 1.82) is 5.26 Å². The molecule has 4 rings (SSSR count). The van der Waals surface area contributed by atoms with Gasteiger partial charge < -0.3 is 4.74 Å². The molecular formula is C22H25N3OS. The molecule has 0 aromatic heterocycles. The lowest BCUT2D eigenvalue weighted by atomic mass is 9.96. The van der Waals surface area contributed by atoms with Crippen LogP contribution in [0.3, 0.4) is 0 Å². The summed E-state index contributed by atoms with van der Waals surface area (Å²) in [6, 6.07) is 19.0. The van der Waals surface area contributed by atoms with Crippen LogP contribution in [-0.2, 0) is 6.54 Å². The van der Waals surface area contributed by atoms with Crippen molar-refractivity contribution in [3.63, 3.8) is 0 Å². The lowest BCUT2D eigenvalue weighted by Crippen LogP contribution is -2.28. The van der Waals surface area contributed by atoms with Crippen LogP contribution in [-0.4, -0.2) is 30.1 Å². The van der Waals surface area contributed by atoms with Crippen molar-refractivity contribution in [1.82, 2.24) is 9.62 Å². The van der Waals surface area contributed by atoms with Gasteiger partial charge in [-0.3, -0.25) is 9.62 Å². The Morgan fingerprint density at radius 2 is 2.00 bits per heavy atom. The third-order valence-electron chi connectivity index (χ3n) is 5.26. The lowest BCUT2D eigenvalue weighted by Gasteiger charge is -2.26. The van der Waals surface area contributed by atoms with Crippen LogP contribution in [0, 0.1) is 11.3 Å². The van der Waals surface area contributed by atoms with Crippen LogP contribution in [0.5, 0.6) is 5.75 Å². The van der Waals surface area contributed by atoms with E-state index in [2.05, 4.69) is 40.0 Å². The average molecular weight is 380 g/mol. The predicted octanol–water partition coefficient (Wildman–Crippen LogP) is 4.36. The molecule has 2 aromatic carbocycles. The van der Waals surface area contributed by atoms with Crippen LogP contribution >= 0.6 is 11.9 Å². The molecule has 0 radical (unpaired) electrons. The fourth-order valence-electron chi connectivity index (χ4n) is 3.47. The third kappa shape index (κ3) is 5.04. The van der Waals surface area contributed by atoms with Crippen LogP contribution in [0.15, 0.2) is 53.4 Å². The van der Waals surface area contributed by atoms with Crippen LogP contribution in [0.1, 0.15) is 36.8 Å². The number of benzene rings is 2. The maximum atomic E-state index is 9.00. The summed E-state index contributed by atoms with van der Waals surface area (Å²) in [5, 5.41) is 9.00. The quantitative estimate of drug-likeness (QED) is 0.724. The van der Waals surface area contributed by atoms with E-state index in [0.29, 0.717) is 17.7 Å². The first-order valence-electron chi connectivity index (χ1n) is 9.69. The van der Waals surface area contributed by atoms with Gasteiger partial charge in [-0.25, -0.2) is 0 Å². The van der Waals surface area contributed by atoms with E-state index in [4.69, 9.17) is 10.00 Å². The minimum atomic E-state index is 0.438. The molecule has 1 atom stereocenters. The first-order valence-corrected chi connectivity index (χ1v) is 10.5. The molecule has 0 amide bonds. The Labute approximate surface area is 165 Å². The Bertz CT molecular complexity index is 798. The van der Waals surface area contributed by atoms with Gasteiger partial charge in [0.2, 0.25) is 0 Å². The fourth-order valence-corrected chi connectivity index (χ4v) is 4.29. The van der Waals surface area contributed by atoms with E-state index in [9.17, 15) is 0 Å². The van der Waals surface area contributed by atoms with Gasteiger partial charge in [-0.05, 0) is 73.5 Å². The first-order chi connectivity index (χ1) is 13.3. The minimum absolute atomic E-state index is 0.438. The van der Waals surface area contributed by atoms with Gasteiger partial charge in [-0.2, -0.15) is 5.26 Å². The number of nitrogens with zero attached hydrogens (tertiary/aromatic N) is 2. The monoisotopic (exact) mass is 379 g/mol. The van der Waals surface area contributed by atoms with Gasteiger partial charge in [-0.1, -0.05) is 18.2 Å². The molecule has 1 aliphatic carbocycles. The Kier molecular flexibility index (Phi) is 5.98. The maximum absolute atomic E-state index is 9.00. The molecule has 2 aliphatic rings. The van der Waals surface area contributed by atoms with Gasteiger partial charge in [0.25, 0.3) is 0 Å². The molecule has 27 heavy (non-hydrogen) atoms. The molecule has 0 spiro atoms. The highest BCUT2D eigenvalue weighted by Crippen LogP contribution is 2.26. The van der Waals surface area contributed by atoms with Crippen molar-refractivity contribution in [2.45, 2.75) is 49.3 Å².